The topological polar surface area (TPSA) is 66.1 Å². The summed E-state index contributed by atoms with van der Waals surface area (Å²) in [7, 11) is 1.34. The van der Waals surface area contributed by atoms with Crippen LogP contribution in [0, 0.1) is 18.2 Å². The Morgan fingerprint density at radius 1 is 1.48 bits per heavy atom. The molecule has 0 saturated carbocycles. The Morgan fingerprint density at radius 3 is 2.86 bits per heavy atom. The lowest BCUT2D eigenvalue weighted by atomic mass is 10.2. The summed E-state index contributed by atoms with van der Waals surface area (Å²) in [5, 5.41) is 3.53. The quantitative estimate of drug-likeness (QED) is 0.784. The Hall–Kier alpha value is -2.59. The molecule has 6 nitrogen and oxygen atoms in total. The molecule has 8 heteroatoms. The van der Waals surface area contributed by atoms with Crippen LogP contribution in [0.15, 0.2) is 27.9 Å². The molecule has 108 valence electrons. The second-order valence-electron chi connectivity index (χ2n) is 3.95. The van der Waals surface area contributed by atoms with Crippen molar-refractivity contribution in [3.05, 3.63) is 50.0 Å². The van der Waals surface area contributed by atoms with Crippen molar-refractivity contribution >= 4 is 11.6 Å². The van der Waals surface area contributed by atoms with Gasteiger partial charge in [-0.15, -0.1) is 6.42 Å². The predicted octanol–water partition coefficient (Wildman–Crippen LogP) is 0.736. The van der Waals surface area contributed by atoms with Gasteiger partial charge >= 0.3 is 5.69 Å². The molecule has 0 aliphatic heterocycles. The van der Waals surface area contributed by atoms with Crippen LogP contribution in [-0.2, 0) is 7.05 Å². The lowest BCUT2D eigenvalue weighted by molar-refractivity contribution is 0.369. The van der Waals surface area contributed by atoms with E-state index in [2.05, 4.69) is 11.0 Å². The summed E-state index contributed by atoms with van der Waals surface area (Å²) in [6.07, 6.45) is 5.96. The van der Waals surface area contributed by atoms with Crippen LogP contribution < -0.4 is 16.0 Å². The summed E-state index contributed by atoms with van der Waals surface area (Å²) in [5.74, 6) is 1.45. The van der Waals surface area contributed by atoms with Crippen molar-refractivity contribution in [1.82, 2.24) is 14.3 Å². The zero-order chi connectivity index (χ0) is 15.6. The normalized spacial score (nSPS) is 10.2. The molecule has 0 amide bonds. The minimum Gasteiger partial charge on any atom is -0.479 e. The third-order valence-electron chi connectivity index (χ3n) is 2.58. The molecule has 0 spiro atoms. The first kappa shape index (κ1) is 14.8. The van der Waals surface area contributed by atoms with Crippen molar-refractivity contribution in [3.8, 4) is 23.8 Å². The average molecular weight is 310 g/mol. The lowest BCUT2D eigenvalue weighted by Gasteiger charge is -2.11. The van der Waals surface area contributed by atoms with E-state index in [1.54, 1.807) is 0 Å². The van der Waals surface area contributed by atoms with Gasteiger partial charge in [0, 0.05) is 13.1 Å². The Balaban J connectivity index is 2.71. The van der Waals surface area contributed by atoms with E-state index in [0.717, 1.165) is 23.0 Å². The molecule has 0 fully saturated rings. The predicted molar refractivity (Wildman–Crippen MR) is 74.4 cm³/mol. The molecule has 1 heterocycles. The van der Waals surface area contributed by atoms with Crippen LogP contribution in [0.4, 0.5) is 4.39 Å². The third kappa shape index (κ3) is 2.80. The minimum absolute atomic E-state index is 0.0228. The van der Waals surface area contributed by atoms with Gasteiger partial charge in [0.05, 0.1) is 10.7 Å². The Bertz CT molecular complexity index is 851. The summed E-state index contributed by atoms with van der Waals surface area (Å²) in [6.45, 7) is -0.0892. The van der Waals surface area contributed by atoms with E-state index in [0.29, 0.717) is 4.57 Å². The van der Waals surface area contributed by atoms with Gasteiger partial charge in [-0.1, -0.05) is 17.5 Å². The summed E-state index contributed by atoms with van der Waals surface area (Å²) in [5.41, 5.74) is -1.87. The van der Waals surface area contributed by atoms with Crippen LogP contribution in [0.5, 0.6) is 5.75 Å². The number of hydrogen-bond acceptors (Lipinski definition) is 4. The largest absolute Gasteiger partial charge is 0.479 e. The van der Waals surface area contributed by atoms with Crippen molar-refractivity contribution in [3.63, 3.8) is 0 Å². The second-order valence-corrected chi connectivity index (χ2v) is 4.36. The smallest absolute Gasteiger partial charge is 0.351 e. The highest BCUT2D eigenvalue weighted by molar-refractivity contribution is 6.32. The number of halogens is 2. The van der Waals surface area contributed by atoms with Gasteiger partial charge in [0.1, 0.15) is 24.4 Å². The van der Waals surface area contributed by atoms with E-state index >= 15 is 0 Å². The lowest BCUT2D eigenvalue weighted by Crippen LogP contribution is -2.39. The molecule has 0 atom stereocenters. The number of ether oxygens (including phenoxy) is 1. The number of hydrogen-bond donors (Lipinski definition) is 0. The molecule has 0 saturated heterocycles. The van der Waals surface area contributed by atoms with E-state index in [1.165, 1.54) is 7.05 Å². The van der Waals surface area contributed by atoms with Gasteiger partial charge in [0.15, 0.2) is 0 Å². The van der Waals surface area contributed by atoms with Crippen LogP contribution in [0.25, 0.3) is 5.69 Å². The van der Waals surface area contributed by atoms with Gasteiger partial charge < -0.3 is 4.74 Å². The summed E-state index contributed by atoms with van der Waals surface area (Å²) >= 11 is 5.82. The molecule has 2 rings (SSSR count). The number of aryl methyl sites for hydroxylation is 1. The van der Waals surface area contributed by atoms with Gasteiger partial charge in [-0.05, 0) is 6.07 Å². The Kier molecular flexibility index (Phi) is 4.10. The van der Waals surface area contributed by atoms with Gasteiger partial charge in [-0.25, -0.2) is 18.4 Å². The standard InChI is InChI=1S/C13H9ClFN3O3/c1-3-4-21-11-6-10(9(15)5-8(11)14)18-12(19)7-16-17(2)13(18)20/h1,5-7H,4H2,2H3. The zero-order valence-corrected chi connectivity index (χ0v) is 11.6. The fourth-order valence-corrected chi connectivity index (χ4v) is 1.83. The highest BCUT2D eigenvalue weighted by Gasteiger charge is 2.15. The highest BCUT2D eigenvalue weighted by atomic mass is 35.5. The van der Waals surface area contributed by atoms with Crippen molar-refractivity contribution in [1.29, 1.82) is 0 Å². The number of terminal acetylenes is 1. The van der Waals surface area contributed by atoms with Gasteiger partial charge in [-0.3, -0.25) is 4.79 Å². The van der Waals surface area contributed by atoms with Crippen molar-refractivity contribution in [2.24, 2.45) is 7.05 Å². The maximum Gasteiger partial charge on any atom is 0.351 e. The maximum absolute atomic E-state index is 14.0. The van der Waals surface area contributed by atoms with Gasteiger partial charge in [-0.2, -0.15) is 5.10 Å². The second kappa shape index (κ2) is 5.81. The number of aromatic nitrogens is 3. The summed E-state index contributed by atoms with van der Waals surface area (Å²) in [6, 6.07) is 2.08. The number of nitrogens with zero attached hydrogens (tertiary/aromatic N) is 3. The maximum atomic E-state index is 14.0. The third-order valence-corrected chi connectivity index (χ3v) is 2.88. The van der Waals surface area contributed by atoms with E-state index in [4.69, 9.17) is 22.8 Å². The fourth-order valence-electron chi connectivity index (χ4n) is 1.62. The van der Waals surface area contributed by atoms with Gasteiger partial charge in [0.2, 0.25) is 0 Å². The SMILES string of the molecule is C#CCOc1cc(-n2c(=O)cnn(C)c2=O)c(F)cc1Cl. The highest BCUT2D eigenvalue weighted by Crippen LogP contribution is 2.28. The first-order valence-corrected chi connectivity index (χ1v) is 6.04. The monoisotopic (exact) mass is 309 g/mol. The molecule has 0 bridgehead atoms. The minimum atomic E-state index is -0.849. The average Bonchev–Trinajstić information content (AvgIpc) is 2.44. The van der Waals surface area contributed by atoms with Crippen molar-refractivity contribution < 1.29 is 9.13 Å². The first-order valence-electron chi connectivity index (χ1n) is 5.66. The fraction of sp³-hybridized carbons (Fsp3) is 0.154. The van der Waals surface area contributed by atoms with Crippen LogP contribution in [0.3, 0.4) is 0 Å². The molecule has 0 aliphatic rings. The molecular formula is C13H9ClFN3O3. The van der Waals surface area contributed by atoms with Crippen LogP contribution in [0.1, 0.15) is 0 Å². The van der Waals surface area contributed by atoms with E-state index in [1.807, 2.05) is 0 Å². The molecule has 2 aromatic rings. The van der Waals surface area contributed by atoms with Crippen molar-refractivity contribution in [2.75, 3.05) is 6.61 Å². The Labute approximate surface area is 123 Å². The molecular weight excluding hydrogens is 301 g/mol. The van der Waals surface area contributed by atoms with Gasteiger partial charge in [0.25, 0.3) is 5.56 Å². The Morgan fingerprint density at radius 2 is 2.19 bits per heavy atom. The molecule has 0 radical (unpaired) electrons. The van der Waals surface area contributed by atoms with Crippen molar-refractivity contribution in [2.45, 2.75) is 0 Å². The summed E-state index contributed by atoms with van der Waals surface area (Å²) in [4.78, 5) is 23.7. The molecule has 0 unspecified atom stereocenters. The molecule has 1 aromatic heterocycles. The molecule has 0 N–H and O–H groups in total. The molecule has 0 aliphatic carbocycles. The van der Waals surface area contributed by atoms with Crippen LogP contribution in [0.2, 0.25) is 5.02 Å². The number of rotatable bonds is 3. The zero-order valence-electron chi connectivity index (χ0n) is 10.8. The number of benzene rings is 1. The van der Waals surface area contributed by atoms with E-state index in [9.17, 15) is 14.0 Å². The first-order chi connectivity index (χ1) is 9.95. The van der Waals surface area contributed by atoms with E-state index in [-0.39, 0.29) is 23.1 Å². The van der Waals surface area contributed by atoms with Crippen LogP contribution >= 0.6 is 11.6 Å². The molecule has 1 aromatic carbocycles. The van der Waals surface area contributed by atoms with Crippen LogP contribution in [-0.4, -0.2) is 21.0 Å². The van der Waals surface area contributed by atoms with E-state index < -0.39 is 17.1 Å². The summed E-state index contributed by atoms with van der Waals surface area (Å²) < 4.78 is 20.7. The molecule has 21 heavy (non-hydrogen) atoms.